The van der Waals surface area contributed by atoms with Crippen molar-refractivity contribution in [2.75, 3.05) is 0 Å². The molecule has 0 unspecified atom stereocenters. The normalized spacial score (nSPS) is 12.4. The van der Waals surface area contributed by atoms with Gasteiger partial charge in [-0.25, -0.2) is 0 Å². The maximum absolute atomic E-state index is 12.9. The number of nitrogens with zero attached hydrogens (tertiary/aromatic N) is 1. The summed E-state index contributed by atoms with van der Waals surface area (Å²) in [6, 6.07) is 3.42. The summed E-state index contributed by atoms with van der Waals surface area (Å²) in [6.45, 7) is 12.8. The van der Waals surface area contributed by atoms with E-state index in [2.05, 4.69) is 41.5 Å². The molecule has 2 aromatic rings. The zero-order valence-corrected chi connectivity index (χ0v) is 15.6. The lowest BCUT2D eigenvalue weighted by Crippen LogP contribution is -2.36. The van der Waals surface area contributed by atoms with E-state index < -0.39 is 0 Å². The molecule has 0 saturated heterocycles. The van der Waals surface area contributed by atoms with E-state index in [0.717, 1.165) is 11.1 Å². The third-order valence-corrected chi connectivity index (χ3v) is 4.51. The Hall–Kier alpha value is -1.68. The fourth-order valence-corrected chi connectivity index (χ4v) is 3.56. The zero-order chi connectivity index (χ0) is 17.4. The molecule has 0 bridgehead atoms. The quantitative estimate of drug-likeness (QED) is 0.675. The van der Waals surface area contributed by atoms with Crippen molar-refractivity contribution in [1.29, 1.82) is 0 Å². The van der Waals surface area contributed by atoms with Gasteiger partial charge in [-0.2, -0.15) is 4.57 Å². The molecule has 0 aliphatic carbocycles. The fourth-order valence-electron chi connectivity index (χ4n) is 2.96. The number of benzene rings is 1. The van der Waals surface area contributed by atoms with Crippen molar-refractivity contribution in [1.82, 2.24) is 0 Å². The Morgan fingerprint density at radius 1 is 1.09 bits per heavy atom. The van der Waals surface area contributed by atoms with Crippen molar-refractivity contribution < 1.29 is 14.5 Å². The highest BCUT2D eigenvalue weighted by Crippen LogP contribution is 2.41. The number of phenolic OH excluding ortho intramolecular Hbond substituents is 1. The standard InChI is InChI=1S/C19H25NO2S/c1-18(2,3)16-13(15(22)11-20-9-10-23-12-20)7-8-14(21)17(16)19(4,5)6/h7-10,12H,11H2,1-6H3/p+1. The van der Waals surface area contributed by atoms with Crippen molar-refractivity contribution in [3.63, 3.8) is 0 Å². The van der Waals surface area contributed by atoms with Crippen LogP contribution in [0.25, 0.3) is 0 Å². The number of aromatic hydroxyl groups is 1. The van der Waals surface area contributed by atoms with Crippen LogP contribution in [0.2, 0.25) is 0 Å². The molecule has 1 aromatic carbocycles. The Morgan fingerprint density at radius 2 is 1.70 bits per heavy atom. The minimum absolute atomic E-state index is 0.0730. The van der Waals surface area contributed by atoms with Gasteiger partial charge in [0.2, 0.25) is 17.8 Å². The lowest BCUT2D eigenvalue weighted by molar-refractivity contribution is -0.678. The summed E-state index contributed by atoms with van der Waals surface area (Å²) in [4.78, 5) is 12.9. The summed E-state index contributed by atoms with van der Waals surface area (Å²) >= 11 is 1.57. The molecule has 1 aromatic heterocycles. The average Bonchev–Trinajstić information content (AvgIpc) is 2.88. The van der Waals surface area contributed by atoms with E-state index in [9.17, 15) is 9.90 Å². The van der Waals surface area contributed by atoms with Crippen LogP contribution in [0, 0.1) is 0 Å². The first kappa shape index (κ1) is 17.7. The number of thiazole rings is 1. The van der Waals surface area contributed by atoms with E-state index in [1.54, 1.807) is 23.5 Å². The molecule has 4 heteroatoms. The molecule has 1 N–H and O–H groups in total. The first-order chi connectivity index (χ1) is 10.5. The lowest BCUT2D eigenvalue weighted by Gasteiger charge is -2.32. The van der Waals surface area contributed by atoms with Crippen molar-refractivity contribution in [2.24, 2.45) is 0 Å². The second kappa shape index (κ2) is 6.08. The third kappa shape index (κ3) is 3.81. The van der Waals surface area contributed by atoms with Crippen molar-refractivity contribution in [2.45, 2.75) is 58.9 Å². The van der Waals surface area contributed by atoms with Gasteiger partial charge in [0.25, 0.3) is 0 Å². The molecular weight excluding hydrogens is 306 g/mol. The molecule has 0 atom stereocenters. The lowest BCUT2D eigenvalue weighted by atomic mass is 9.72. The van der Waals surface area contributed by atoms with Crippen LogP contribution in [-0.4, -0.2) is 10.9 Å². The second-order valence-corrected chi connectivity index (χ2v) is 8.76. The van der Waals surface area contributed by atoms with Crippen molar-refractivity contribution in [3.8, 4) is 5.75 Å². The molecule has 0 fully saturated rings. The van der Waals surface area contributed by atoms with Gasteiger partial charge in [0.05, 0.1) is 5.38 Å². The molecule has 0 aliphatic heterocycles. The maximum atomic E-state index is 12.9. The highest BCUT2D eigenvalue weighted by atomic mass is 32.1. The molecule has 0 aliphatic rings. The fraction of sp³-hybridized carbons (Fsp3) is 0.474. The van der Waals surface area contributed by atoms with Gasteiger partial charge in [-0.3, -0.25) is 4.79 Å². The highest BCUT2D eigenvalue weighted by molar-refractivity contribution is 7.07. The maximum Gasteiger partial charge on any atom is 0.227 e. The third-order valence-electron chi connectivity index (χ3n) is 3.84. The number of hydrogen-bond acceptors (Lipinski definition) is 3. The summed E-state index contributed by atoms with van der Waals surface area (Å²) in [5.74, 6) is 0.339. The van der Waals surface area contributed by atoms with Gasteiger partial charge >= 0.3 is 0 Å². The number of hydrogen-bond donors (Lipinski definition) is 1. The van der Waals surface area contributed by atoms with Crippen LogP contribution in [0.15, 0.2) is 29.2 Å². The van der Waals surface area contributed by atoms with Crippen LogP contribution >= 0.6 is 11.3 Å². The van der Waals surface area contributed by atoms with Crippen LogP contribution in [-0.2, 0) is 17.4 Å². The summed E-state index contributed by atoms with van der Waals surface area (Å²) in [5, 5.41) is 12.4. The van der Waals surface area contributed by atoms with Crippen molar-refractivity contribution in [3.05, 3.63) is 45.9 Å². The summed E-state index contributed by atoms with van der Waals surface area (Å²) in [6.07, 6.45) is 1.91. The topological polar surface area (TPSA) is 41.2 Å². The van der Waals surface area contributed by atoms with E-state index in [4.69, 9.17) is 0 Å². The van der Waals surface area contributed by atoms with Crippen LogP contribution in [0.3, 0.4) is 0 Å². The number of phenols is 1. The van der Waals surface area contributed by atoms with Gasteiger partial charge in [-0.1, -0.05) is 52.9 Å². The smallest absolute Gasteiger partial charge is 0.227 e. The van der Waals surface area contributed by atoms with Crippen LogP contribution in [0.1, 0.15) is 63.0 Å². The van der Waals surface area contributed by atoms with Crippen LogP contribution in [0.4, 0.5) is 0 Å². The number of ketones is 1. The Morgan fingerprint density at radius 3 is 2.17 bits per heavy atom. The molecule has 0 amide bonds. The van der Waals surface area contributed by atoms with Gasteiger partial charge in [0.15, 0.2) is 6.20 Å². The van der Waals surface area contributed by atoms with Gasteiger partial charge in [0.1, 0.15) is 5.75 Å². The second-order valence-electron chi connectivity index (χ2n) is 8.00. The molecule has 0 radical (unpaired) electrons. The van der Waals surface area contributed by atoms with Gasteiger partial charge < -0.3 is 5.11 Å². The van der Waals surface area contributed by atoms with E-state index in [1.807, 2.05) is 21.7 Å². The number of rotatable bonds is 3. The monoisotopic (exact) mass is 332 g/mol. The van der Waals surface area contributed by atoms with Crippen LogP contribution < -0.4 is 4.57 Å². The molecule has 0 spiro atoms. The molecule has 124 valence electrons. The summed E-state index contributed by atoms with van der Waals surface area (Å²) in [5.41, 5.74) is 3.99. The van der Waals surface area contributed by atoms with Crippen LogP contribution in [0.5, 0.6) is 5.75 Å². The van der Waals surface area contributed by atoms with E-state index in [1.165, 1.54) is 0 Å². The van der Waals surface area contributed by atoms with Gasteiger partial charge in [-0.05, 0) is 28.5 Å². The molecule has 2 rings (SSSR count). The van der Waals surface area contributed by atoms with E-state index in [-0.39, 0.29) is 22.4 Å². The predicted octanol–water partition coefficient (Wildman–Crippen LogP) is 4.22. The Bertz CT molecular complexity index is 704. The Kier molecular flexibility index (Phi) is 4.67. The summed E-state index contributed by atoms with van der Waals surface area (Å²) in [7, 11) is 0. The Balaban J connectivity index is 2.62. The molecule has 1 heterocycles. The average molecular weight is 332 g/mol. The molecular formula is C19H26NO2S+. The number of carbonyl (C=O) groups excluding carboxylic acids is 1. The minimum atomic E-state index is -0.238. The highest BCUT2D eigenvalue weighted by Gasteiger charge is 2.33. The van der Waals surface area contributed by atoms with Crippen molar-refractivity contribution >= 4 is 17.1 Å². The first-order valence-corrected chi connectivity index (χ1v) is 8.77. The SMILES string of the molecule is CC(C)(C)c1c(O)ccc(C(=O)C[n+]2ccsc2)c1C(C)(C)C. The first-order valence-electron chi connectivity index (χ1n) is 7.83. The Labute approximate surface area is 142 Å². The molecule has 23 heavy (non-hydrogen) atoms. The molecule has 0 saturated carbocycles. The number of aromatic nitrogens is 1. The predicted molar refractivity (Wildman–Crippen MR) is 94.4 cm³/mol. The number of Topliss-reactive ketones (excluding diaryl/α,β-unsaturated/α-hetero) is 1. The van der Waals surface area contributed by atoms with Gasteiger partial charge in [-0.15, -0.1) is 0 Å². The van der Waals surface area contributed by atoms with E-state index >= 15 is 0 Å². The zero-order valence-electron chi connectivity index (χ0n) is 14.8. The largest absolute Gasteiger partial charge is 0.508 e. The number of carbonyl (C=O) groups is 1. The minimum Gasteiger partial charge on any atom is -0.508 e. The molecule has 3 nitrogen and oxygen atoms in total. The van der Waals surface area contributed by atoms with Gasteiger partial charge in [0, 0.05) is 11.1 Å². The van der Waals surface area contributed by atoms with E-state index in [0.29, 0.717) is 12.1 Å². The summed E-state index contributed by atoms with van der Waals surface area (Å²) < 4.78 is 1.89.